The first-order chi connectivity index (χ1) is 8.29. The van der Waals surface area contributed by atoms with Gasteiger partial charge in [-0.1, -0.05) is 23.8 Å². The van der Waals surface area contributed by atoms with Crippen LogP contribution >= 0.6 is 11.8 Å². The van der Waals surface area contributed by atoms with Crippen molar-refractivity contribution in [3.8, 4) is 0 Å². The zero-order chi connectivity index (χ0) is 12.1. The van der Waals surface area contributed by atoms with E-state index in [1.165, 1.54) is 10.5 Å². The average molecular weight is 245 g/mol. The highest BCUT2D eigenvalue weighted by Gasteiger charge is 2.02. The Hall–Kier alpha value is -1.52. The minimum Gasteiger partial charge on any atom is -0.308 e. The summed E-state index contributed by atoms with van der Waals surface area (Å²) in [6.07, 6.45) is 1.73. The number of pyridine rings is 1. The predicted octanol–water partition coefficient (Wildman–Crippen LogP) is 2.97. The van der Waals surface area contributed by atoms with E-state index in [9.17, 15) is 0 Å². The number of benzene rings is 1. The summed E-state index contributed by atoms with van der Waals surface area (Å²) in [6, 6.07) is 12.5. The Labute approximate surface area is 105 Å². The lowest BCUT2D eigenvalue weighted by Crippen LogP contribution is -2.10. The van der Waals surface area contributed by atoms with Gasteiger partial charge in [-0.25, -0.2) is 10.8 Å². The fourth-order valence-electron chi connectivity index (χ4n) is 1.48. The van der Waals surface area contributed by atoms with Crippen LogP contribution in [0.15, 0.2) is 47.5 Å². The van der Waals surface area contributed by atoms with E-state index in [1.54, 1.807) is 18.0 Å². The van der Waals surface area contributed by atoms with E-state index in [4.69, 9.17) is 5.84 Å². The molecule has 17 heavy (non-hydrogen) atoms. The Morgan fingerprint density at radius 1 is 1.24 bits per heavy atom. The molecule has 2 rings (SSSR count). The van der Waals surface area contributed by atoms with Crippen LogP contribution in [0.4, 0.5) is 5.82 Å². The standard InChI is InChI=1S/C13H15N3S/c1-10-4-6-12(7-5-10)17-9-11-3-2-8-15-13(11)16-14/h2-8H,9,14H2,1H3,(H,15,16). The highest BCUT2D eigenvalue weighted by molar-refractivity contribution is 7.98. The zero-order valence-electron chi connectivity index (χ0n) is 9.68. The second kappa shape index (κ2) is 5.70. The third kappa shape index (κ3) is 3.22. The average Bonchev–Trinajstić information content (AvgIpc) is 2.38. The van der Waals surface area contributed by atoms with Gasteiger partial charge in [0, 0.05) is 22.4 Å². The normalized spacial score (nSPS) is 10.2. The van der Waals surface area contributed by atoms with Crippen molar-refractivity contribution in [2.75, 3.05) is 5.43 Å². The lowest BCUT2D eigenvalue weighted by atomic mass is 10.2. The maximum atomic E-state index is 5.42. The number of aromatic nitrogens is 1. The zero-order valence-corrected chi connectivity index (χ0v) is 10.5. The van der Waals surface area contributed by atoms with E-state index >= 15 is 0 Å². The van der Waals surface area contributed by atoms with Gasteiger partial charge < -0.3 is 5.43 Å². The smallest absolute Gasteiger partial charge is 0.143 e. The Bertz CT molecular complexity index is 482. The number of rotatable bonds is 4. The number of nitrogen functional groups attached to an aromatic ring is 1. The number of hydrogen-bond donors (Lipinski definition) is 2. The number of nitrogens with zero attached hydrogens (tertiary/aromatic N) is 1. The van der Waals surface area contributed by atoms with Crippen molar-refractivity contribution < 1.29 is 0 Å². The van der Waals surface area contributed by atoms with Gasteiger partial charge >= 0.3 is 0 Å². The quantitative estimate of drug-likeness (QED) is 0.494. The second-order valence-corrected chi connectivity index (χ2v) is 4.81. The van der Waals surface area contributed by atoms with Crippen LogP contribution in [0.1, 0.15) is 11.1 Å². The van der Waals surface area contributed by atoms with Crippen LogP contribution in [0.2, 0.25) is 0 Å². The van der Waals surface area contributed by atoms with Crippen LogP contribution in [-0.4, -0.2) is 4.98 Å². The number of thioether (sulfide) groups is 1. The molecule has 0 saturated carbocycles. The molecule has 1 aromatic heterocycles. The lowest BCUT2D eigenvalue weighted by molar-refractivity contribution is 1.18. The summed E-state index contributed by atoms with van der Waals surface area (Å²) < 4.78 is 0. The summed E-state index contributed by atoms with van der Waals surface area (Å²) in [5, 5.41) is 0. The number of nitrogens with two attached hydrogens (primary N) is 1. The van der Waals surface area contributed by atoms with Crippen LogP contribution < -0.4 is 11.3 Å². The van der Waals surface area contributed by atoms with Gasteiger partial charge in [0.25, 0.3) is 0 Å². The van der Waals surface area contributed by atoms with Crippen molar-refractivity contribution >= 4 is 17.6 Å². The van der Waals surface area contributed by atoms with Gasteiger partial charge in [-0.15, -0.1) is 11.8 Å². The van der Waals surface area contributed by atoms with Gasteiger partial charge in [-0.2, -0.15) is 0 Å². The number of hydrogen-bond acceptors (Lipinski definition) is 4. The first-order valence-electron chi connectivity index (χ1n) is 5.39. The van der Waals surface area contributed by atoms with Gasteiger partial charge in [0.1, 0.15) is 5.82 Å². The largest absolute Gasteiger partial charge is 0.308 e. The molecule has 0 unspecified atom stereocenters. The Morgan fingerprint density at radius 2 is 2.00 bits per heavy atom. The molecule has 4 heteroatoms. The third-order valence-corrected chi connectivity index (χ3v) is 3.50. The van der Waals surface area contributed by atoms with Gasteiger partial charge in [0.2, 0.25) is 0 Å². The maximum Gasteiger partial charge on any atom is 0.143 e. The van der Waals surface area contributed by atoms with E-state index < -0.39 is 0 Å². The Balaban J connectivity index is 2.04. The summed E-state index contributed by atoms with van der Waals surface area (Å²) in [4.78, 5) is 5.43. The minimum atomic E-state index is 0.743. The number of anilines is 1. The monoisotopic (exact) mass is 245 g/mol. The fourth-order valence-corrected chi connectivity index (χ4v) is 2.36. The fraction of sp³-hybridized carbons (Fsp3) is 0.154. The van der Waals surface area contributed by atoms with Crippen LogP contribution in [0.25, 0.3) is 0 Å². The highest BCUT2D eigenvalue weighted by atomic mass is 32.2. The minimum absolute atomic E-state index is 0.743. The van der Waals surface area contributed by atoms with Crippen molar-refractivity contribution in [2.45, 2.75) is 17.6 Å². The molecule has 88 valence electrons. The van der Waals surface area contributed by atoms with Gasteiger partial charge in [0.05, 0.1) is 0 Å². The summed E-state index contributed by atoms with van der Waals surface area (Å²) in [5.41, 5.74) is 5.01. The van der Waals surface area contributed by atoms with Crippen LogP contribution in [-0.2, 0) is 5.75 Å². The van der Waals surface area contributed by atoms with Crippen molar-refractivity contribution in [3.63, 3.8) is 0 Å². The molecular formula is C13H15N3S. The van der Waals surface area contributed by atoms with Gasteiger partial charge in [-0.3, -0.25) is 0 Å². The Kier molecular flexibility index (Phi) is 4.01. The summed E-state index contributed by atoms with van der Waals surface area (Å²) >= 11 is 1.78. The molecule has 3 N–H and O–H groups in total. The summed E-state index contributed by atoms with van der Waals surface area (Å²) in [7, 11) is 0. The van der Waals surface area contributed by atoms with Gasteiger partial charge in [0.15, 0.2) is 0 Å². The molecule has 0 bridgehead atoms. The molecule has 1 heterocycles. The van der Waals surface area contributed by atoms with E-state index in [1.807, 2.05) is 12.1 Å². The molecule has 0 aliphatic rings. The van der Waals surface area contributed by atoms with Crippen molar-refractivity contribution in [1.82, 2.24) is 4.98 Å². The predicted molar refractivity (Wildman–Crippen MR) is 72.8 cm³/mol. The molecule has 1 aromatic carbocycles. The maximum absolute atomic E-state index is 5.42. The SMILES string of the molecule is Cc1ccc(SCc2cccnc2NN)cc1. The van der Waals surface area contributed by atoms with Crippen molar-refractivity contribution in [2.24, 2.45) is 5.84 Å². The number of nitrogens with one attached hydrogen (secondary N) is 1. The lowest BCUT2D eigenvalue weighted by Gasteiger charge is -2.07. The molecule has 0 fully saturated rings. The molecule has 2 aromatic rings. The topological polar surface area (TPSA) is 50.9 Å². The van der Waals surface area contributed by atoms with Crippen molar-refractivity contribution in [3.05, 3.63) is 53.7 Å². The van der Waals surface area contributed by atoms with Gasteiger partial charge in [-0.05, 0) is 25.1 Å². The van der Waals surface area contributed by atoms with Crippen molar-refractivity contribution in [1.29, 1.82) is 0 Å². The molecule has 0 amide bonds. The number of hydrazine groups is 1. The molecule has 0 atom stereocenters. The van der Waals surface area contributed by atoms with E-state index in [2.05, 4.69) is 41.6 Å². The first-order valence-corrected chi connectivity index (χ1v) is 6.38. The molecular weight excluding hydrogens is 230 g/mol. The first kappa shape index (κ1) is 12.0. The summed E-state index contributed by atoms with van der Waals surface area (Å²) in [5.74, 6) is 7.02. The molecule has 0 saturated heterocycles. The van der Waals surface area contributed by atoms with Crippen LogP contribution in [0, 0.1) is 6.92 Å². The number of aryl methyl sites for hydroxylation is 1. The Morgan fingerprint density at radius 3 is 2.71 bits per heavy atom. The van der Waals surface area contributed by atoms with E-state index in [0.29, 0.717) is 0 Å². The second-order valence-electron chi connectivity index (χ2n) is 3.76. The molecule has 0 aliphatic carbocycles. The summed E-state index contributed by atoms with van der Waals surface area (Å²) in [6.45, 7) is 2.09. The molecule has 3 nitrogen and oxygen atoms in total. The molecule has 0 radical (unpaired) electrons. The van der Waals surface area contributed by atoms with E-state index in [-0.39, 0.29) is 0 Å². The molecule has 0 spiro atoms. The van der Waals surface area contributed by atoms with Crippen LogP contribution in [0.5, 0.6) is 0 Å². The third-order valence-electron chi connectivity index (χ3n) is 2.44. The molecule has 0 aliphatic heterocycles. The van der Waals surface area contributed by atoms with Crippen LogP contribution in [0.3, 0.4) is 0 Å². The van der Waals surface area contributed by atoms with E-state index in [0.717, 1.165) is 17.1 Å². The highest BCUT2D eigenvalue weighted by Crippen LogP contribution is 2.25.